The van der Waals surface area contributed by atoms with Crippen LogP contribution in [0.25, 0.3) is 27.8 Å². The molecule has 4 aromatic rings. The van der Waals surface area contributed by atoms with E-state index in [2.05, 4.69) is 5.10 Å². The van der Waals surface area contributed by atoms with Crippen LogP contribution in [0, 0.1) is 0 Å². The monoisotopic (exact) mass is 318 g/mol. The van der Waals surface area contributed by atoms with Gasteiger partial charge < -0.3 is 9.15 Å². The summed E-state index contributed by atoms with van der Waals surface area (Å²) in [7, 11) is 1.58. The van der Waals surface area contributed by atoms with Crippen LogP contribution in [0.3, 0.4) is 0 Å². The number of fused-ring (bicyclic) bond motifs is 1. The molecule has 24 heavy (non-hydrogen) atoms. The maximum atomic E-state index is 12.7. The molecule has 2 aromatic heterocycles. The van der Waals surface area contributed by atoms with Gasteiger partial charge in [-0.25, -0.2) is 4.68 Å². The van der Waals surface area contributed by atoms with Crippen molar-refractivity contribution < 1.29 is 9.15 Å². The van der Waals surface area contributed by atoms with Gasteiger partial charge in [0.15, 0.2) is 0 Å². The lowest BCUT2D eigenvalue weighted by atomic mass is 10.1. The predicted molar refractivity (Wildman–Crippen MR) is 91.6 cm³/mol. The second kappa shape index (κ2) is 5.70. The Morgan fingerprint density at radius 2 is 1.96 bits per heavy atom. The Balaban J connectivity index is 1.81. The molecule has 0 amide bonds. The molecule has 2 aromatic carbocycles. The zero-order valence-electron chi connectivity index (χ0n) is 13.0. The normalized spacial score (nSPS) is 10.9. The Labute approximate surface area is 137 Å². The minimum atomic E-state index is -0.0912. The fourth-order valence-corrected chi connectivity index (χ4v) is 2.62. The van der Waals surface area contributed by atoms with E-state index in [1.165, 1.54) is 6.26 Å². The molecule has 0 radical (unpaired) electrons. The van der Waals surface area contributed by atoms with E-state index in [1.54, 1.807) is 36.2 Å². The summed E-state index contributed by atoms with van der Waals surface area (Å²) in [4.78, 5) is 12.7. The first-order valence-corrected chi connectivity index (χ1v) is 7.46. The van der Waals surface area contributed by atoms with Crippen molar-refractivity contribution in [3.63, 3.8) is 0 Å². The molecule has 118 valence electrons. The van der Waals surface area contributed by atoms with Gasteiger partial charge in [0.25, 0.3) is 0 Å². The molecule has 0 spiro atoms. The average Bonchev–Trinajstić information content (AvgIpc) is 3.12. The van der Waals surface area contributed by atoms with E-state index in [-0.39, 0.29) is 5.43 Å². The van der Waals surface area contributed by atoms with E-state index in [4.69, 9.17) is 9.15 Å². The van der Waals surface area contributed by atoms with E-state index in [1.807, 2.05) is 36.5 Å². The van der Waals surface area contributed by atoms with Gasteiger partial charge in [0, 0.05) is 17.8 Å². The number of benzene rings is 2. The number of nitrogens with zero attached hydrogens (tertiary/aromatic N) is 2. The van der Waals surface area contributed by atoms with Crippen LogP contribution in [-0.2, 0) is 0 Å². The van der Waals surface area contributed by atoms with E-state index < -0.39 is 0 Å². The van der Waals surface area contributed by atoms with Gasteiger partial charge >= 0.3 is 0 Å². The van der Waals surface area contributed by atoms with Crippen LogP contribution in [0.15, 0.2) is 76.4 Å². The molecular weight excluding hydrogens is 304 g/mol. The fourth-order valence-electron chi connectivity index (χ4n) is 2.62. The Hall–Kier alpha value is -3.34. The molecule has 0 saturated carbocycles. The van der Waals surface area contributed by atoms with Crippen LogP contribution in [-0.4, -0.2) is 16.9 Å². The number of hydrogen-bond donors (Lipinski definition) is 0. The van der Waals surface area contributed by atoms with Crippen LogP contribution >= 0.6 is 0 Å². The van der Waals surface area contributed by atoms with E-state index >= 15 is 0 Å². The van der Waals surface area contributed by atoms with Crippen molar-refractivity contribution in [2.45, 2.75) is 0 Å². The summed E-state index contributed by atoms with van der Waals surface area (Å²) < 4.78 is 12.5. The van der Waals surface area contributed by atoms with Crippen LogP contribution in [0.1, 0.15) is 0 Å². The zero-order chi connectivity index (χ0) is 16.5. The second-order valence-corrected chi connectivity index (χ2v) is 5.35. The fraction of sp³-hybridized carbons (Fsp3) is 0.0526. The van der Waals surface area contributed by atoms with Gasteiger partial charge in [-0.3, -0.25) is 4.79 Å². The lowest BCUT2D eigenvalue weighted by molar-refractivity contribution is 0.414. The molecule has 0 saturated heterocycles. The lowest BCUT2D eigenvalue weighted by Crippen LogP contribution is -2.04. The van der Waals surface area contributed by atoms with Gasteiger partial charge in [-0.1, -0.05) is 18.2 Å². The third-order valence-electron chi connectivity index (χ3n) is 3.90. The standard InChI is InChI=1S/C19H14N2O3/c1-23-15-7-8-16-18(9-15)24-12-17(19(16)22)13-10-20-21(11-13)14-5-3-2-4-6-14/h2-12H,1H3. The van der Waals surface area contributed by atoms with Crippen molar-refractivity contribution >= 4 is 11.0 Å². The molecule has 0 atom stereocenters. The van der Waals surface area contributed by atoms with Crippen molar-refractivity contribution in [2.24, 2.45) is 0 Å². The molecule has 0 aliphatic heterocycles. The molecule has 0 fully saturated rings. The first kappa shape index (κ1) is 14.3. The van der Waals surface area contributed by atoms with E-state index in [0.717, 1.165) is 5.69 Å². The maximum absolute atomic E-state index is 12.7. The highest BCUT2D eigenvalue weighted by molar-refractivity contribution is 5.82. The third kappa shape index (κ3) is 2.36. The lowest BCUT2D eigenvalue weighted by Gasteiger charge is -2.03. The van der Waals surface area contributed by atoms with E-state index in [0.29, 0.717) is 27.8 Å². The molecule has 0 aliphatic rings. The molecule has 4 rings (SSSR count). The number of para-hydroxylation sites is 1. The predicted octanol–water partition coefficient (Wildman–Crippen LogP) is 3.65. The molecule has 5 heteroatoms. The van der Waals surface area contributed by atoms with Crippen LogP contribution in [0.4, 0.5) is 0 Å². The molecule has 0 aliphatic carbocycles. The largest absolute Gasteiger partial charge is 0.497 e. The Kier molecular flexibility index (Phi) is 3.39. The van der Waals surface area contributed by atoms with Gasteiger partial charge in [-0.05, 0) is 24.3 Å². The number of hydrogen-bond acceptors (Lipinski definition) is 4. The highest BCUT2D eigenvalue weighted by Gasteiger charge is 2.12. The summed E-state index contributed by atoms with van der Waals surface area (Å²) in [6.07, 6.45) is 4.95. The topological polar surface area (TPSA) is 57.3 Å². The van der Waals surface area contributed by atoms with Crippen molar-refractivity contribution in [2.75, 3.05) is 7.11 Å². The smallest absolute Gasteiger partial charge is 0.200 e. The Morgan fingerprint density at radius 3 is 2.75 bits per heavy atom. The van der Waals surface area contributed by atoms with E-state index in [9.17, 15) is 4.79 Å². The SMILES string of the molecule is COc1ccc2c(=O)c(-c3cnn(-c4ccccc4)c3)coc2c1. The summed E-state index contributed by atoms with van der Waals surface area (Å²) in [5.41, 5.74) is 2.53. The Morgan fingerprint density at radius 1 is 1.12 bits per heavy atom. The molecule has 5 nitrogen and oxygen atoms in total. The molecule has 0 bridgehead atoms. The van der Waals surface area contributed by atoms with Crippen LogP contribution in [0.2, 0.25) is 0 Å². The second-order valence-electron chi connectivity index (χ2n) is 5.35. The average molecular weight is 318 g/mol. The summed E-state index contributed by atoms with van der Waals surface area (Å²) >= 11 is 0. The van der Waals surface area contributed by atoms with Gasteiger partial charge in [0.05, 0.1) is 29.9 Å². The van der Waals surface area contributed by atoms with Crippen molar-refractivity contribution in [3.8, 4) is 22.6 Å². The van der Waals surface area contributed by atoms with Gasteiger partial charge in [0.1, 0.15) is 17.6 Å². The first-order valence-electron chi connectivity index (χ1n) is 7.46. The third-order valence-corrected chi connectivity index (χ3v) is 3.90. The van der Waals surface area contributed by atoms with Gasteiger partial charge in [0.2, 0.25) is 5.43 Å². The number of ether oxygens (including phenoxy) is 1. The number of methoxy groups -OCH3 is 1. The van der Waals surface area contributed by atoms with Crippen molar-refractivity contribution in [1.82, 2.24) is 9.78 Å². The highest BCUT2D eigenvalue weighted by atomic mass is 16.5. The highest BCUT2D eigenvalue weighted by Crippen LogP contribution is 2.23. The molecule has 0 unspecified atom stereocenters. The molecule has 2 heterocycles. The molecular formula is C19H14N2O3. The quantitative estimate of drug-likeness (QED) is 0.578. The summed E-state index contributed by atoms with van der Waals surface area (Å²) in [6, 6.07) is 14.9. The van der Waals surface area contributed by atoms with Crippen molar-refractivity contribution in [3.05, 3.63) is 77.4 Å². The van der Waals surface area contributed by atoms with Crippen LogP contribution in [0.5, 0.6) is 5.75 Å². The first-order chi connectivity index (χ1) is 11.8. The minimum absolute atomic E-state index is 0.0912. The van der Waals surface area contributed by atoms with Crippen molar-refractivity contribution in [1.29, 1.82) is 0 Å². The van der Waals surface area contributed by atoms with Gasteiger partial charge in [-0.15, -0.1) is 0 Å². The molecule has 0 N–H and O–H groups in total. The zero-order valence-corrected chi connectivity index (χ0v) is 13.0. The summed E-state index contributed by atoms with van der Waals surface area (Å²) in [5, 5.41) is 4.84. The Bertz CT molecular complexity index is 1060. The van der Waals surface area contributed by atoms with Crippen LogP contribution < -0.4 is 10.2 Å². The number of rotatable bonds is 3. The summed E-state index contributed by atoms with van der Waals surface area (Å²) in [5.74, 6) is 0.648. The maximum Gasteiger partial charge on any atom is 0.200 e. The summed E-state index contributed by atoms with van der Waals surface area (Å²) in [6.45, 7) is 0. The van der Waals surface area contributed by atoms with Gasteiger partial charge in [-0.2, -0.15) is 5.10 Å². The minimum Gasteiger partial charge on any atom is -0.497 e. The number of aromatic nitrogens is 2.